The van der Waals surface area contributed by atoms with Gasteiger partial charge in [-0.15, -0.1) is 0 Å². The smallest absolute Gasteiger partial charge is 0.195 e. The minimum Gasteiger partial charge on any atom is -0.296 e. The summed E-state index contributed by atoms with van der Waals surface area (Å²) in [4.78, 5) is 4.19. The highest BCUT2D eigenvalue weighted by Crippen LogP contribution is 2.37. The highest BCUT2D eigenvalue weighted by Gasteiger charge is 2.28. The summed E-state index contributed by atoms with van der Waals surface area (Å²) in [7, 11) is 0. The number of pyridine rings is 1. The Morgan fingerprint density at radius 2 is 2.25 bits per heavy atom. The molecule has 2 heterocycles. The van der Waals surface area contributed by atoms with Gasteiger partial charge in [0.2, 0.25) is 0 Å². The third-order valence-corrected chi connectivity index (χ3v) is 5.37. The lowest BCUT2D eigenvalue weighted by Crippen LogP contribution is -2.26. The monoisotopic (exact) mass is 306 g/mol. The highest BCUT2D eigenvalue weighted by molar-refractivity contribution is 7.99. The zero-order chi connectivity index (χ0) is 13.9. The van der Waals surface area contributed by atoms with E-state index < -0.39 is 0 Å². The molecule has 0 radical (unpaired) electrons. The second-order valence-electron chi connectivity index (χ2n) is 5.09. The Balaban J connectivity index is 2.05. The number of rotatable bonds is 3. The van der Waals surface area contributed by atoms with Crippen molar-refractivity contribution in [2.45, 2.75) is 37.0 Å². The second-order valence-corrected chi connectivity index (χ2v) is 6.55. The molecule has 0 aliphatic heterocycles. The van der Waals surface area contributed by atoms with E-state index in [9.17, 15) is 0 Å². The summed E-state index contributed by atoms with van der Waals surface area (Å²) in [5.74, 6) is 0.911. The molecule has 1 fully saturated rings. The molecule has 2 atom stereocenters. The molecule has 0 bridgehead atoms. The van der Waals surface area contributed by atoms with Crippen molar-refractivity contribution in [2.24, 2.45) is 0 Å². The molecule has 6 heteroatoms. The van der Waals surface area contributed by atoms with Crippen LogP contribution in [0.15, 0.2) is 24.5 Å². The lowest BCUT2D eigenvalue weighted by atomic mass is 9.94. The van der Waals surface area contributed by atoms with Crippen molar-refractivity contribution in [3.8, 4) is 11.4 Å². The largest absolute Gasteiger partial charge is 0.296 e. The van der Waals surface area contributed by atoms with Gasteiger partial charge in [0, 0.05) is 29.2 Å². The van der Waals surface area contributed by atoms with Crippen molar-refractivity contribution in [1.82, 2.24) is 19.7 Å². The maximum Gasteiger partial charge on any atom is 0.195 e. The molecular formula is C14H18N4S2. The lowest BCUT2D eigenvalue weighted by molar-refractivity contribution is 0.364. The summed E-state index contributed by atoms with van der Waals surface area (Å²) in [5, 5.41) is 8.00. The van der Waals surface area contributed by atoms with E-state index in [-0.39, 0.29) is 0 Å². The summed E-state index contributed by atoms with van der Waals surface area (Å²) >= 11 is 7.41. The highest BCUT2D eigenvalue weighted by atomic mass is 32.2. The summed E-state index contributed by atoms with van der Waals surface area (Å²) in [6, 6.07) is 4.40. The van der Waals surface area contributed by atoms with Gasteiger partial charge in [-0.3, -0.25) is 14.6 Å². The van der Waals surface area contributed by atoms with Crippen LogP contribution in [0.2, 0.25) is 0 Å². The molecule has 0 saturated heterocycles. The van der Waals surface area contributed by atoms with Crippen LogP contribution in [-0.4, -0.2) is 31.3 Å². The molecule has 1 saturated carbocycles. The van der Waals surface area contributed by atoms with Gasteiger partial charge in [0.1, 0.15) is 0 Å². The number of aromatic nitrogens is 4. The van der Waals surface area contributed by atoms with Gasteiger partial charge in [-0.1, -0.05) is 12.8 Å². The van der Waals surface area contributed by atoms with Crippen molar-refractivity contribution < 1.29 is 0 Å². The standard InChI is InChI=1S/C14H18N4S2/c1-20-12-7-3-2-6-11(12)18-13(16-17-14(18)19)10-5-4-8-15-9-10/h4-5,8-9,11-12H,2-3,6-7H2,1H3,(H,17,19). The fraction of sp³-hybridized carbons (Fsp3) is 0.500. The molecule has 1 aliphatic carbocycles. The fourth-order valence-corrected chi connectivity index (χ4v) is 4.20. The molecule has 3 rings (SSSR count). The Kier molecular flexibility index (Phi) is 4.21. The van der Waals surface area contributed by atoms with Crippen LogP contribution >= 0.6 is 24.0 Å². The summed E-state index contributed by atoms with van der Waals surface area (Å²) < 4.78 is 2.92. The Bertz CT molecular complexity index is 620. The predicted octanol–water partition coefficient (Wildman–Crippen LogP) is 3.85. The molecule has 2 aromatic rings. The molecule has 0 aromatic carbocycles. The van der Waals surface area contributed by atoms with Gasteiger partial charge in [-0.25, -0.2) is 0 Å². The third kappa shape index (κ3) is 2.54. The van der Waals surface area contributed by atoms with Gasteiger partial charge >= 0.3 is 0 Å². The number of hydrogen-bond donors (Lipinski definition) is 1. The molecule has 2 unspecified atom stereocenters. The Labute approximate surface area is 128 Å². The van der Waals surface area contributed by atoms with E-state index in [1.807, 2.05) is 30.1 Å². The molecule has 0 spiro atoms. The molecule has 2 aromatic heterocycles. The molecule has 1 aliphatic rings. The lowest BCUT2D eigenvalue weighted by Gasteiger charge is -2.31. The average Bonchev–Trinajstić information content (AvgIpc) is 2.89. The van der Waals surface area contributed by atoms with Crippen LogP contribution in [0.3, 0.4) is 0 Å². The zero-order valence-corrected chi connectivity index (χ0v) is 13.1. The van der Waals surface area contributed by atoms with E-state index >= 15 is 0 Å². The molecular weight excluding hydrogens is 288 g/mol. The van der Waals surface area contributed by atoms with Gasteiger partial charge in [0.05, 0.1) is 0 Å². The normalized spacial score (nSPS) is 22.9. The SMILES string of the molecule is CSC1CCCCC1n1c(-c2cccnc2)n[nH]c1=S. The second kappa shape index (κ2) is 6.10. The van der Waals surface area contributed by atoms with Crippen LogP contribution in [0.5, 0.6) is 0 Å². The van der Waals surface area contributed by atoms with Gasteiger partial charge < -0.3 is 0 Å². The zero-order valence-electron chi connectivity index (χ0n) is 11.5. The van der Waals surface area contributed by atoms with Crippen molar-refractivity contribution in [3.05, 3.63) is 29.3 Å². The minimum absolute atomic E-state index is 0.431. The third-order valence-electron chi connectivity index (χ3n) is 3.93. The van der Waals surface area contributed by atoms with Crippen LogP contribution in [0.4, 0.5) is 0 Å². The first-order valence-electron chi connectivity index (χ1n) is 6.91. The number of nitrogens with one attached hydrogen (secondary N) is 1. The molecule has 0 amide bonds. The summed E-state index contributed by atoms with van der Waals surface area (Å²) in [5.41, 5.74) is 1.02. The van der Waals surface area contributed by atoms with Gasteiger partial charge in [0.25, 0.3) is 0 Å². The Morgan fingerprint density at radius 1 is 1.40 bits per heavy atom. The molecule has 4 nitrogen and oxygen atoms in total. The van der Waals surface area contributed by atoms with Crippen molar-refractivity contribution in [3.63, 3.8) is 0 Å². The first kappa shape index (κ1) is 13.8. The first-order chi connectivity index (χ1) is 9.81. The van der Waals surface area contributed by atoms with E-state index in [1.54, 1.807) is 6.20 Å². The minimum atomic E-state index is 0.431. The van der Waals surface area contributed by atoms with Crippen LogP contribution < -0.4 is 0 Å². The van der Waals surface area contributed by atoms with Crippen molar-refractivity contribution in [1.29, 1.82) is 0 Å². The van der Waals surface area contributed by atoms with Gasteiger partial charge in [-0.05, 0) is 43.4 Å². The van der Waals surface area contributed by atoms with E-state index in [0.29, 0.717) is 11.3 Å². The van der Waals surface area contributed by atoms with Crippen LogP contribution in [-0.2, 0) is 0 Å². The van der Waals surface area contributed by atoms with Crippen molar-refractivity contribution in [2.75, 3.05) is 6.26 Å². The van der Waals surface area contributed by atoms with Gasteiger partial charge in [0.15, 0.2) is 10.6 Å². The van der Waals surface area contributed by atoms with E-state index in [1.165, 1.54) is 25.7 Å². The number of nitrogens with zero attached hydrogens (tertiary/aromatic N) is 3. The van der Waals surface area contributed by atoms with Crippen molar-refractivity contribution >= 4 is 24.0 Å². The molecule has 1 N–H and O–H groups in total. The fourth-order valence-electron chi connectivity index (χ4n) is 2.96. The maximum absolute atomic E-state index is 5.47. The Morgan fingerprint density at radius 3 is 3.00 bits per heavy atom. The first-order valence-corrected chi connectivity index (χ1v) is 8.61. The van der Waals surface area contributed by atoms with E-state index in [2.05, 4.69) is 26.0 Å². The number of hydrogen-bond acceptors (Lipinski definition) is 4. The van der Waals surface area contributed by atoms with E-state index in [4.69, 9.17) is 12.2 Å². The van der Waals surface area contributed by atoms with Gasteiger partial charge in [-0.2, -0.15) is 16.9 Å². The average molecular weight is 306 g/mol. The summed E-state index contributed by atoms with van der Waals surface area (Å²) in [6.07, 6.45) is 10.8. The molecule has 20 heavy (non-hydrogen) atoms. The Hall–Kier alpha value is -1.14. The quantitative estimate of drug-likeness (QED) is 0.875. The predicted molar refractivity (Wildman–Crippen MR) is 85.5 cm³/mol. The number of H-pyrrole nitrogens is 1. The van der Waals surface area contributed by atoms with E-state index in [0.717, 1.165) is 16.2 Å². The maximum atomic E-state index is 5.47. The topological polar surface area (TPSA) is 46.5 Å². The van der Waals surface area contributed by atoms with Crippen LogP contribution in [0.1, 0.15) is 31.7 Å². The van der Waals surface area contributed by atoms with Crippen LogP contribution in [0.25, 0.3) is 11.4 Å². The van der Waals surface area contributed by atoms with Crippen LogP contribution in [0, 0.1) is 4.77 Å². The molecule has 106 valence electrons. The number of thioether (sulfide) groups is 1. The number of aromatic amines is 1. The summed E-state index contributed by atoms with van der Waals surface area (Å²) in [6.45, 7) is 0.